The minimum absolute atomic E-state index is 0.0774. The SMILES string of the molecule is CN1CCCN(c2ccc([N+](=O)[O-])c3nonc23)CCN(C)CCCNCC1. The molecule has 1 saturated heterocycles. The highest BCUT2D eigenvalue weighted by Crippen LogP contribution is 2.31. The predicted molar refractivity (Wildman–Crippen MR) is 108 cm³/mol. The first-order chi connectivity index (χ1) is 13.6. The Morgan fingerprint density at radius 1 is 0.964 bits per heavy atom. The van der Waals surface area contributed by atoms with Gasteiger partial charge in [-0.25, -0.2) is 4.63 Å². The molecule has 2 heterocycles. The Morgan fingerprint density at radius 2 is 1.71 bits per heavy atom. The highest BCUT2D eigenvalue weighted by molar-refractivity contribution is 5.93. The lowest BCUT2D eigenvalue weighted by Gasteiger charge is -2.29. The second-order valence-electron chi connectivity index (χ2n) is 7.37. The molecule has 0 amide bonds. The number of aromatic nitrogens is 2. The molecule has 2 aromatic rings. The molecule has 154 valence electrons. The van der Waals surface area contributed by atoms with Crippen LogP contribution in [0.25, 0.3) is 11.0 Å². The minimum atomic E-state index is -0.449. The molecule has 0 spiro atoms. The summed E-state index contributed by atoms with van der Waals surface area (Å²) in [6, 6.07) is 3.26. The van der Waals surface area contributed by atoms with Gasteiger partial charge in [0, 0.05) is 38.8 Å². The third-order valence-electron chi connectivity index (χ3n) is 5.19. The van der Waals surface area contributed by atoms with Crippen LogP contribution in [0.15, 0.2) is 16.8 Å². The molecule has 3 rings (SSSR count). The maximum absolute atomic E-state index is 11.3. The standard InChI is InChI=1S/C18H29N7O3/c1-22-10-4-11-24(14-13-23(2)9-3-7-19-8-12-22)15-5-6-16(25(26)27)18-17(15)20-28-21-18/h5-6,19H,3-4,7-14H2,1-2H3. The average molecular weight is 391 g/mol. The average Bonchev–Trinajstić information content (AvgIpc) is 3.15. The fraction of sp³-hybridized carbons (Fsp3) is 0.667. The summed E-state index contributed by atoms with van der Waals surface area (Å²) >= 11 is 0. The Hall–Kier alpha value is -2.30. The second kappa shape index (κ2) is 9.76. The summed E-state index contributed by atoms with van der Waals surface area (Å²) in [5.74, 6) is 0. The van der Waals surface area contributed by atoms with Crippen LogP contribution in [0.1, 0.15) is 12.8 Å². The number of benzene rings is 1. The van der Waals surface area contributed by atoms with Crippen molar-refractivity contribution in [1.29, 1.82) is 0 Å². The number of non-ortho nitro benzene ring substituents is 1. The number of nitrogens with one attached hydrogen (secondary N) is 1. The lowest BCUT2D eigenvalue weighted by Crippen LogP contribution is -2.38. The van der Waals surface area contributed by atoms with Crippen molar-refractivity contribution in [2.45, 2.75) is 12.8 Å². The monoisotopic (exact) mass is 391 g/mol. The second-order valence-corrected chi connectivity index (χ2v) is 7.37. The predicted octanol–water partition coefficient (Wildman–Crippen LogP) is 1.18. The van der Waals surface area contributed by atoms with Gasteiger partial charge in [-0.2, -0.15) is 0 Å². The normalized spacial score (nSPS) is 19.6. The highest BCUT2D eigenvalue weighted by Gasteiger charge is 2.22. The van der Waals surface area contributed by atoms with E-state index in [0.717, 1.165) is 70.9 Å². The van der Waals surface area contributed by atoms with E-state index in [1.807, 2.05) is 0 Å². The lowest BCUT2D eigenvalue weighted by molar-refractivity contribution is -0.383. The minimum Gasteiger partial charge on any atom is -0.368 e. The Labute approximate surface area is 164 Å². The number of anilines is 1. The number of nitrogens with zero attached hydrogens (tertiary/aromatic N) is 6. The maximum Gasteiger partial charge on any atom is 0.300 e. The Kier molecular flexibility index (Phi) is 7.12. The van der Waals surface area contributed by atoms with Gasteiger partial charge in [-0.3, -0.25) is 10.1 Å². The molecule has 1 N–H and O–H groups in total. The molecule has 1 aromatic carbocycles. The molecule has 1 aromatic heterocycles. The van der Waals surface area contributed by atoms with Crippen LogP contribution < -0.4 is 10.2 Å². The van der Waals surface area contributed by atoms with E-state index in [1.165, 1.54) is 6.07 Å². The van der Waals surface area contributed by atoms with Gasteiger partial charge in [0.25, 0.3) is 0 Å². The van der Waals surface area contributed by atoms with Crippen LogP contribution in [0.3, 0.4) is 0 Å². The Balaban J connectivity index is 1.82. The van der Waals surface area contributed by atoms with Crippen molar-refractivity contribution in [2.24, 2.45) is 0 Å². The summed E-state index contributed by atoms with van der Waals surface area (Å²) in [6.45, 7) is 7.61. The Bertz CT molecular complexity index is 782. The first-order valence-corrected chi connectivity index (χ1v) is 9.78. The van der Waals surface area contributed by atoms with Crippen molar-refractivity contribution in [3.63, 3.8) is 0 Å². The zero-order valence-electron chi connectivity index (χ0n) is 16.6. The van der Waals surface area contributed by atoms with Gasteiger partial charge in [0.2, 0.25) is 5.52 Å². The number of nitro groups is 1. The van der Waals surface area contributed by atoms with Gasteiger partial charge in [-0.1, -0.05) is 0 Å². The molecule has 10 nitrogen and oxygen atoms in total. The van der Waals surface area contributed by atoms with Crippen molar-refractivity contribution in [2.75, 3.05) is 71.4 Å². The van der Waals surface area contributed by atoms with Crippen LogP contribution >= 0.6 is 0 Å². The molecule has 1 aliphatic rings. The Morgan fingerprint density at radius 3 is 2.54 bits per heavy atom. The molecule has 0 bridgehead atoms. The van der Waals surface area contributed by atoms with Crippen LogP contribution in [-0.2, 0) is 0 Å². The molecule has 10 heteroatoms. The molecule has 0 unspecified atom stereocenters. The van der Waals surface area contributed by atoms with E-state index in [-0.39, 0.29) is 11.2 Å². The van der Waals surface area contributed by atoms with Crippen LogP contribution in [0.5, 0.6) is 0 Å². The number of hydrogen-bond donors (Lipinski definition) is 1. The molecular weight excluding hydrogens is 362 g/mol. The van der Waals surface area contributed by atoms with Crippen molar-refractivity contribution in [3.05, 3.63) is 22.2 Å². The molecule has 1 aliphatic heterocycles. The van der Waals surface area contributed by atoms with Crippen molar-refractivity contribution >= 4 is 22.4 Å². The van der Waals surface area contributed by atoms with E-state index in [4.69, 9.17) is 4.63 Å². The van der Waals surface area contributed by atoms with E-state index in [1.54, 1.807) is 6.07 Å². The van der Waals surface area contributed by atoms with Gasteiger partial charge >= 0.3 is 5.69 Å². The summed E-state index contributed by atoms with van der Waals surface area (Å²) in [6.07, 6.45) is 2.10. The molecule has 0 saturated carbocycles. The van der Waals surface area contributed by atoms with Crippen LogP contribution in [-0.4, -0.2) is 91.5 Å². The van der Waals surface area contributed by atoms with Crippen LogP contribution in [0.4, 0.5) is 11.4 Å². The van der Waals surface area contributed by atoms with Crippen molar-refractivity contribution < 1.29 is 9.55 Å². The first kappa shape index (κ1) is 20.4. The number of fused-ring (bicyclic) bond motifs is 1. The largest absolute Gasteiger partial charge is 0.368 e. The van der Waals surface area contributed by atoms with E-state index < -0.39 is 4.92 Å². The van der Waals surface area contributed by atoms with Gasteiger partial charge in [0.05, 0.1) is 10.6 Å². The number of rotatable bonds is 2. The fourth-order valence-electron chi connectivity index (χ4n) is 3.51. The van der Waals surface area contributed by atoms with Gasteiger partial charge in [-0.05, 0) is 63.0 Å². The number of likely N-dealkylation sites (N-methyl/N-ethyl adjacent to an activating group) is 2. The highest BCUT2D eigenvalue weighted by atomic mass is 16.6. The maximum atomic E-state index is 11.3. The lowest BCUT2D eigenvalue weighted by atomic mass is 10.2. The number of hydrogen-bond acceptors (Lipinski definition) is 9. The van der Waals surface area contributed by atoms with Crippen LogP contribution in [0, 0.1) is 10.1 Å². The first-order valence-electron chi connectivity index (χ1n) is 9.78. The van der Waals surface area contributed by atoms with Crippen molar-refractivity contribution in [1.82, 2.24) is 25.4 Å². The zero-order valence-corrected chi connectivity index (χ0v) is 16.6. The molecular formula is C18H29N7O3. The summed E-state index contributed by atoms with van der Waals surface area (Å²) < 4.78 is 4.84. The quantitative estimate of drug-likeness (QED) is 0.597. The molecule has 28 heavy (non-hydrogen) atoms. The third-order valence-corrected chi connectivity index (χ3v) is 5.19. The zero-order chi connectivity index (χ0) is 19.9. The molecule has 0 radical (unpaired) electrons. The van der Waals surface area contributed by atoms with Gasteiger partial charge in [0.1, 0.15) is 0 Å². The van der Waals surface area contributed by atoms with Gasteiger partial charge in [-0.15, -0.1) is 0 Å². The summed E-state index contributed by atoms with van der Waals surface area (Å²) in [5.41, 5.74) is 1.42. The molecule has 1 fully saturated rings. The third kappa shape index (κ3) is 5.15. The summed E-state index contributed by atoms with van der Waals surface area (Å²) in [7, 11) is 4.26. The van der Waals surface area contributed by atoms with E-state index in [9.17, 15) is 10.1 Å². The van der Waals surface area contributed by atoms with E-state index in [2.05, 4.69) is 44.4 Å². The number of nitro benzene ring substituents is 1. The van der Waals surface area contributed by atoms with Crippen molar-refractivity contribution in [3.8, 4) is 0 Å². The van der Waals surface area contributed by atoms with E-state index in [0.29, 0.717) is 5.52 Å². The molecule has 0 atom stereocenters. The van der Waals surface area contributed by atoms with E-state index >= 15 is 0 Å². The van der Waals surface area contributed by atoms with Gasteiger partial charge in [0.15, 0.2) is 5.52 Å². The van der Waals surface area contributed by atoms with Crippen LogP contribution in [0.2, 0.25) is 0 Å². The van der Waals surface area contributed by atoms with Gasteiger partial charge < -0.3 is 20.0 Å². The summed E-state index contributed by atoms with van der Waals surface area (Å²) in [5, 5.41) is 22.5. The molecule has 0 aliphatic carbocycles. The summed E-state index contributed by atoms with van der Waals surface area (Å²) in [4.78, 5) is 17.7. The smallest absolute Gasteiger partial charge is 0.300 e. The topological polar surface area (TPSA) is 104 Å². The fourth-order valence-corrected chi connectivity index (χ4v) is 3.51.